The molecule has 14 heteroatoms. The van der Waals surface area contributed by atoms with E-state index in [9.17, 15) is 23.2 Å². The molecule has 210 valence electrons. The maximum absolute atomic E-state index is 14.2. The summed E-state index contributed by atoms with van der Waals surface area (Å²) in [5.41, 5.74) is -1.08. The van der Waals surface area contributed by atoms with Crippen LogP contribution >= 0.6 is 11.6 Å². The van der Waals surface area contributed by atoms with Crippen LogP contribution in [-0.4, -0.2) is 55.7 Å². The van der Waals surface area contributed by atoms with Gasteiger partial charge in [-0.1, -0.05) is 11.6 Å². The van der Waals surface area contributed by atoms with Crippen molar-refractivity contribution in [1.29, 1.82) is 0 Å². The number of carbonyl (C=O) groups excluding carboxylic acids is 1. The van der Waals surface area contributed by atoms with Crippen LogP contribution in [0.3, 0.4) is 0 Å². The second-order valence-corrected chi connectivity index (χ2v) is 9.97. The summed E-state index contributed by atoms with van der Waals surface area (Å²) in [7, 11) is 1.35. The minimum Gasteiger partial charge on any atom is -0.480 e. The van der Waals surface area contributed by atoms with E-state index in [1.54, 1.807) is 6.07 Å². The molecular formula is C27H22ClF2N7O4. The van der Waals surface area contributed by atoms with Crippen LogP contribution in [-0.2, 0) is 4.79 Å². The number of anilines is 1. The maximum Gasteiger partial charge on any atom is 0.342 e. The first-order valence-corrected chi connectivity index (χ1v) is 12.9. The summed E-state index contributed by atoms with van der Waals surface area (Å²) in [6.07, 6.45) is 3.28. The number of imidazole rings is 1. The minimum absolute atomic E-state index is 0.0361. The van der Waals surface area contributed by atoms with E-state index in [0.29, 0.717) is 25.3 Å². The highest BCUT2D eigenvalue weighted by Gasteiger charge is 2.28. The summed E-state index contributed by atoms with van der Waals surface area (Å²) in [5.74, 6) is -0.987. The fraction of sp³-hybridized carbons (Fsp3) is 0.222. The first-order valence-electron chi connectivity index (χ1n) is 12.5. The summed E-state index contributed by atoms with van der Waals surface area (Å²) in [4.78, 5) is 50.4. The van der Waals surface area contributed by atoms with Crippen LogP contribution in [0.1, 0.15) is 13.3 Å². The average Bonchev–Trinajstić information content (AvgIpc) is 3.56. The Morgan fingerprint density at radius 3 is 2.68 bits per heavy atom. The molecule has 6 rings (SSSR count). The molecule has 1 aliphatic rings. The molecule has 0 unspecified atom stereocenters. The molecule has 0 bridgehead atoms. The number of hydrogen-bond acceptors (Lipinski definition) is 7. The lowest BCUT2D eigenvalue weighted by Crippen LogP contribution is -2.39. The molecule has 41 heavy (non-hydrogen) atoms. The third kappa shape index (κ3) is 4.47. The molecule has 0 spiro atoms. The van der Waals surface area contributed by atoms with E-state index in [4.69, 9.17) is 16.3 Å². The number of aromatic nitrogens is 5. The van der Waals surface area contributed by atoms with Crippen LogP contribution in [0, 0.1) is 11.6 Å². The second-order valence-electron chi connectivity index (χ2n) is 9.56. The van der Waals surface area contributed by atoms with Crippen molar-refractivity contribution in [2.75, 3.05) is 25.1 Å². The molecule has 1 aliphatic heterocycles. The summed E-state index contributed by atoms with van der Waals surface area (Å²) in [5, 5.41) is 2.62. The Hall–Kier alpha value is -4.78. The minimum atomic E-state index is -0.812. The van der Waals surface area contributed by atoms with Gasteiger partial charge in [0.25, 0.3) is 5.56 Å². The molecule has 1 aromatic carbocycles. The molecule has 4 aromatic heterocycles. The van der Waals surface area contributed by atoms with Gasteiger partial charge in [-0.05, 0) is 30.7 Å². The largest absolute Gasteiger partial charge is 0.480 e. The maximum atomic E-state index is 14.2. The molecule has 0 aliphatic carbocycles. The number of rotatable bonds is 5. The quantitative estimate of drug-likeness (QED) is 0.339. The molecule has 0 radical (unpaired) electrons. The zero-order valence-corrected chi connectivity index (χ0v) is 22.5. The van der Waals surface area contributed by atoms with Crippen LogP contribution in [0.5, 0.6) is 5.88 Å². The first kappa shape index (κ1) is 26.4. The van der Waals surface area contributed by atoms with Crippen LogP contribution in [0.4, 0.5) is 14.6 Å². The van der Waals surface area contributed by atoms with Crippen molar-refractivity contribution in [1.82, 2.24) is 28.8 Å². The van der Waals surface area contributed by atoms with E-state index < -0.39 is 22.9 Å². The summed E-state index contributed by atoms with van der Waals surface area (Å²) >= 11 is 6.09. The van der Waals surface area contributed by atoms with Crippen LogP contribution in [0.2, 0.25) is 5.02 Å². The van der Waals surface area contributed by atoms with Gasteiger partial charge in [-0.25, -0.2) is 23.1 Å². The van der Waals surface area contributed by atoms with Gasteiger partial charge in [-0.15, -0.1) is 0 Å². The van der Waals surface area contributed by atoms with Gasteiger partial charge in [0.1, 0.15) is 34.3 Å². The van der Waals surface area contributed by atoms with Gasteiger partial charge in [0.05, 0.1) is 29.5 Å². The predicted octanol–water partition coefficient (Wildman–Crippen LogP) is 2.84. The van der Waals surface area contributed by atoms with E-state index in [2.05, 4.69) is 15.3 Å². The molecule has 1 atom stereocenters. The van der Waals surface area contributed by atoms with Gasteiger partial charge in [-0.2, -0.15) is 4.98 Å². The number of nitrogens with zero attached hydrogens (tertiary/aromatic N) is 6. The Balaban J connectivity index is 1.66. The molecule has 1 saturated heterocycles. The topological polar surface area (TPSA) is 116 Å². The molecule has 11 nitrogen and oxygen atoms in total. The van der Waals surface area contributed by atoms with Gasteiger partial charge >= 0.3 is 5.69 Å². The Bertz CT molecular complexity index is 1990. The Morgan fingerprint density at radius 2 is 1.95 bits per heavy atom. The number of pyridine rings is 2. The number of methoxy groups -OCH3 is 1. The van der Waals surface area contributed by atoms with Crippen LogP contribution in [0.25, 0.3) is 28.1 Å². The van der Waals surface area contributed by atoms with Crippen molar-refractivity contribution in [2.24, 2.45) is 0 Å². The predicted molar refractivity (Wildman–Crippen MR) is 148 cm³/mol. The van der Waals surface area contributed by atoms with Crippen molar-refractivity contribution < 1.29 is 18.3 Å². The monoisotopic (exact) mass is 581 g/mol. The molecule has 5 aromatic rings. The van der Waals surface area contributed by atoms with E-state index in [0.717, 1.165) is 16.7 Å². The van der Waals surface area contributed by atoms with Crippen LogP contribution < -0.4 is 26.2 Å². The fourth-order valence-corrected chi connectivity index (χ4v) is 5.32. The normalized spacial score (nSPS) is 15.1. The van der Waals surface area contributed by atoms with Gasteiger partial charge < -0.3 is 15.0 Å². The van der Waals surface area contributed by atoms with Crippen LogP contribution in [0.15, 0.2) is 58.4 Å². The number of carbonyl (C=O) groups is 1. The molecule has 1 amide bonds. The Morgan fingerprint density at radius 1 is 1.15 bits per heavy atom. The zero-order valence-electron chi connectivity index (χ0n) is 21.8. The summed E-state index contributed by atoms with van der Waals surface area (Å²) in [6.45, 7) is 2.44. The summed E-state index contributed by atoms with van der Waals surface area (Å²) < 4.78 is 37.0. The number of amides is 1. The Kier molecular flexibility index (Phi) is 6.45. The number of benzene rings is 1. The first-order chi connectivity index (χ1) is 19.7. The van der Waals surface area contributed by atoms with E-state index in [1.165, 1.54) is 53.6 Å². The molecule has 5 heterocycles. The number of hydrogen-bond donors (Lipinski definition) is 1. The van der Waals surface area contributed by atoms with E-state index >= 15 is 0 Å². The lowest BCUT2D eigenvalue weighted by atomic mass is 10.2. The molecule has 0 saturated carbocycles. The zero-order chi connectivity index (χ0) is 29.0. The lowest BCUT2D eigenvalue weighted by Gasteiger charge is -2.21. The molecular weight excluding hydrogens is 560 g/mol. The third-order valence-corrected chi connectivity index (χ3v) is 7.24. The molecule has 1 N–H and O–H groups in total. The Labute approximate surface area is 235 Å². The average molecular weight is 582 g/mol. The lowest BCUT2D eigenvalue weighted by molar-refractivity contribution is -0.119. The van der Waals surface area contributed by atoms with Gasteiger partial charge in [0.2, 0.25) is 11.8 Å². The van der Waals surface area contributed by atoms with Crippen molar-refractivity contribution in [3.05, 3.63) is 86.3 Å². The molecule has 1 fully saturated rings. The number of ether oxygens (including phenoxy) is 1. The van der Waals surface area contributed by atoms with Crippen molar-refractivity contribution in [3.63, 3.8) is 0 Å². The fourth-order valence-electron chi connectivity index (χ4n) is 5.14. The van der Waals surface area contributed by atoms with Crippen molar-refractivity contribution in [2.45, 2.75) is 19.4 Å². The van der Waals surface area contributed by atoms with E-state index in [1.807, 2.05) is 4.90 Å². The second kappa shape index (κ2) is 10.0. The van der Waals surface area contributed by atoms with Crippen molar-refractivity contribution >= 4 is 39.9 Å². The van der Waals surface area contributed by atoms with Gasteiger partial charge in [0.15, 0.2) is 0 Å². The van der Waals surface area contributed by atoms with Crippen molar-refractivity contribution in [3.8, 4) is 17.4 Å². The highest BCUT2D eigenvalue weighted by Crippen LogP contribution is 2.30. The third-order valence-electron chi connectivity index (χ3n) is 6.95. The number of fused-ring (bicyclic) bond motifs is 2. The summed E-state index contributed by atoms with van der Waals surface area (Å²) in [6, 6.07) is 7.53. The van der Waals surface area contributed by atoms with Gasteiger partial charge in [-0.3, -0.25) is 18.6 Å². The van der Waals surface area contributed by atoms with Gasteiger partial charge in [0, 0.05) is 44.4 Å². The van der Waals surface area contributed by atoms with E-state index in [-0.39, 0.29) is 50.9 Å². The number of nitrogens with one attached hydrogen (secondary N) is 1. The number of halogens is 3. The SMILES string of the molecule is COc1nc(N2CC[C@@H](NC(C)=O)C2)cc2c1c(=O)n(-c1cnc3cc(F)ccn13)c(=O)n2-c1ccc(F)c(Cl)c1. The standard InChI is InChI=1S/C27H22ClF2N7O4/c1-14(38)32-16-6-7-34(13-16)22-11-20-24(25(33-22)41-2)26(39)37(23-12-31-21-9-15(29)5-8-35(21)23)27(40)36(20)17-3-4-19(30)18(28)10-17/h3-5,8-12,16H,6-7,13H2,1-2H3,(H,32,38)/t16-/m1/s1. The smallest absolute Gasteiger partial charge is 0.342 e. The highest BCUT2D eigenvalue weighted by molar-refractivity contribution is 6.30. The highest BCUT2D eigenvalue weighted by atomic mass is 35.5.